The van der Waals surface area contributed by atoms with Gasteiger partial charge in [0.2, 0.25) is 11.8 Å². The normalized spacial score (nSPS) is 11.4. The molecule has 36 heavy (non-hydrogen) atoms. The number of ether oxygens (including phenoxy) is 3. The number of methoxy groups -OCH3 is 3. The fourth-order valence-corrected chi connectivity index (χ4v) is 3.81. The number of halogens is 1. The van der Waals surface area contributed by atoms with Crippen LogP contribution in [-0.4, -0.2) is 44.1 Å². The van der Waals surface area contributed by atoms with E-state index in [9.17, 15) is 14.0 Å². The Morgan fingerprint density at radius 2 is 1.50 bits per heavy atom. The molecule has 0 aliphatic rings. The highest BCUT2D eigenvalue weighted by atomic mass is 19.1. The van der Waals surface area contributed by atoms with E-state index in [1.165, 1.54) is 24.1 Å². The fraction of sp³-hybridized carbons (Fsp3) is 0.286. The van der Waals surface area contributed by atoms with Gasteiger partial charge in [-0.25, -0.2) is 4.39 Å². The van der Waals surface area contributed by atoms with Crippen molar-refractivity contribution in [2.24, 2.45) is 0 Å². The molecule has 0 fully saturated rings. The lowest BCUT2D eigenvalue weighted by molar-refractivity contribution is -0.140. The van der Waals surface area contributed by atoms with Crippen molar-refractivity contribution in [3.63, 3.8) is 0 Å². The lowest BCUT2D eigenvalue weighted by Crippen LogP contribution is -2.48. The Morgan fingerprint density at radius 3 is 2.17 bits per heavy atom. The average Bonchev–Trinajstić information content (AvgIpc) is 2.90. The largest absolute Gasteiger partial charge is 0.496 e. The summed E-state index contributed by atoms with van der Waals surface area (Å²) in [4.78, 5) is 28.0. The van der Waals surface area contributed by atoms with Crippen LogP contribution in [0.1, 0.15) is 23.6 Å². The van der Waals surface area contributed by atoms with Crippen LogP contribution in [0.5, 0.6) is 17.2 Å². The SMILES string of the molecule is COc1ccccc1CNC(=O)C(C)N(Cc1ccc(F)cc1)C(=O)Cc1ccc(OC)c(OC)c1. The molecular formula is C28H31FN2O5. The maximum Gasteiger partial charge on any atom is 0.242 e. The van der Waals surface area contributed by atoms with Gasteiger partial charge < -0.3 is 24.4 Å². The molecule has 1 unspecified atom stereocenters. The number of nitrogens with one attached hydrogen (secondary N) is 1. The smallest absolute Gasteiger partial charge is 0.242 e. The van der Waals surface area contributed by atoms with Crippen LogP contribution in [0.15, 0.2) is 66.7 Å². The van der Waals surface area contributed by atoms with Gasteiger partial charge in [0.15, 0.2) is 11.5 Å². The summed E-state index contributed by atoms with van der Waals surface area (Å²) in [5.41, 5.74) is 2.24. The molecule has 3 rings (SSSR count). The molecule has 7 nitrogen and oxygen atoms in total. The lowest BCUT2D eigenvalue weighted by atomic mass is 10.1. The number of amides is 2. The molecule has 0 radical (unpaired) electrons. The van der Waals surface area contributed by atoms with Crippen molar-refractivity contribution in [1.82, 2.24) is 10.2 Å². The van der Waals surface area contributed by atoms with Crippen molar-refractivity contribution >= 4 is 11.8 Å². The lowest BCUT2D eigenvalue weighted by Gasteiger charge is -2.29. The van der Waals surface area contributed by atoms with Crippen LogP contribution in [0.2, 0.25) is 0 Å². The van der Waals surface area contributed by atoms with Gasteiger partial charge >= 0.3 is 0 Å². The topological polar surface area (TPSA) is 77.1 Å². The standard InChI is InChI=1S/C28H31FN2O5/c1-19(28(33)30-17-22-7-5-6-8-24(22)34-2)31(18-20-9-12-23(29)13-10-20)27(32)16-21-11-14-25(35-3)26(15-21)36-4/h5-15,19H,16-18H2,1-4H3,(H,30,33). The van der Waals surface area contributed by atoms with Crippen molar-refractivity contribution in [1.29, 1.82) is 0 Å². The first-order valence-corrected chi connectivity index (χ1v) is 11.5. The molecule has 0 aliphatic heterocycles. The molecule has 190 valence electrons. The third kappa shape index (κ3) is 6.75. The summed E-state index contributed by atoms with van der Waals surface area (Å²) in [6.45, 7) is 2.07. The Labute approximate surface area is 210 Å². The molecule has 0 spiro atoms. The number of carbonyl (C=O) groups is 2. The van der Waals surface area contributed by atoms with Crippen LogP contribution in [-0.2, 0) is 29.1 Å². The van der Waals surface area contributed by atoms with Gasteiger partial charge in [0.05, 0.1) is 27.8 Å². The fourth-order valence-electron chi connectivity index (χ4n) is 3.81. The molecule has 0 saturated carbocycles. The van der Waals surface area contributed by atoms with Crippen molar-refractivity contribution < 1.29 is 28.2 Å². The Hall–Kier alpha value is -4.07. The third-order valence-corrected chi connectivity index (χ3v) is 5.88. The molecule has 1 atom stereocenters. The van der Waals surface area contributed by atoms with Crippen LogP contribution in [0, 0.1) is 5.82 Å². The number of hydrogen-bond acceptors (Lipinski definition) is 5. The molecular weight excluding hydrogens is 463 g/mol. The minimum absolute atomic E-state index is 0.0473. The molecule has 3 aromatic carbocycles. The molecule has 0 bridgehead atoms. The van der Waals surface area contributed by atoms with Crippen LogP contribution >= 0.6 is 0 Å². The summed E-state index contributed by atoms with van der Waals surface area (Å²) < 4.78 is 29.4. The van der Waals surface area contributed by atoms with E-state index >= 15 is 0 Å². The number of rotatable bonds is 11. The molecule has 0 aliphatic carbocycles. The van der Waals surface area contributed by atoms with Gasteiger partial charge in [-0.15, -0.1) is 0 Å². The second-order valence-electron chi connectivity index (χ2n) is 8.22. The van der Waals surface area contributed by atoms with Gasteiger partial charge in [0.1, 0.15) is 17.6 Å². The summed E-state index contributed by atoms with van der Waals surface area (Å²) in [6, 6.07) is 17.7. The molecule has 0 saturated heterocycles. The Balaban J connectivity index is 1.79. The number of benzene rings is 3. The molecule has 1 N–H and O–H groups in total. The van der Waals surface area contributed by atoms with E-state index in [0.717, 1.165) is 5.56 Å². The first-order valence-electron chi connectivity index (χ1n) is 11.5. The molecule has 0 aromatic heterocycles. The number of nitrogens with zero attached hydrogens (tertiary/aromatic N) is 1. The highest BCUT2D eigenvalue weighted by Gasteiger charge is 2.26. The van der Waals surface area contributed by atoms with E-state index in [1.54, 1.807) is 51.5 Å². The predicted molar refractivity (Wildman–Crippen MR) is 135 cm³/mol. The predicted octanol–water partition coefficient (Wildman–Crippen LogP) is 4.13. The molecule has 3 aromatic rings. The number of para-hydroxylation sites is 1. The summed E-state index contributed by atoms with van der Waals surface area (Å²) in [7, 11) is 4.64. The Bertz CT molecular complexity index is 1180. The monoisotopic (exact) mass is 494 g/mol. The van der Waals surface area contributed by atoms with E-state index in [4.69, 9.17) is 14.2 Å². The maximum atomic E-state index is 13.4. The van der Waals surface area contributed by atoms with Crippen molar-refractivity contribution in [3.05, 3.63) is 89.2 Å². The van der Waals surface area contributed by atoms with Gasteiger partial charge in [-0.2, -0.15) is 0 Å². The van der Waals surface area contributed by atoms with Crippen molar-refractivity contribution in [2.45, 2.75) is 32.5 Å². The third-order valence-electron chi connectivity index (χ3n) is 5.88. The Kier molecular flexibility index (Phi) is 9.27. The van der Waals surface area contributed by atoms with Gasteiger partial charge in [-0.3, -0.25) is 9.59 Å². The minimum atomic E-state index is -0.780. The number of carbonyl (C=O) groups excluding carboxylic acids is 2. The van der Waals surface area contributed by atoms with Crippen LogP contribution in [0.25, 0.3) is 0 Å². The van der Waals surface area contributed by atoms with E-state index in [2.05, 4.69) is 5.32 Å². The zero-order chi connectivity index (χ0) is 26.1. The summed E-state index contributed by atoms with van der Waals surface area (Å²) in [5.74, 6) is 0.786. The van der Waals surface area contributed by atoms with Crippen molar-refractivity contribution in [3.8, 4) is 17.2 Å². The Morgan fingerprint density at radius 1 is 0.861 bits per heavy atom. The van der Waals surface area contributed by atoms with Gasteiger partial charge in [-0.05, 0) is 48.4 Å². The summed E-state index contributed by atoms with van der Waals surface area (Å²) >= 11 is 0. The maximum absolute atomic E-state index is 13.4. The van der Waals surface area contributed by atoms with E-state index in [0.29, 0.717) is 28.4 Å². The van der Waals surface area contributed by atoms with E-state index < -0.39 is 6.04 Å². The summed E-state index contributed by atoms with van der Waals surface area (Å²) in [6.07, 6.45) is 0.0473. The minimum Gasteiger partial charge on any atom is -0.496 e. The van der Waals surface area contributed by atoms with Crippen molar-refractivity contribution in [2.75, 3.05) is 21.3 Å². The first-order chi connectivity index (χ1) is 17.4. The average molecular weight is 495 g/mol. The zero-order valence-electron chi connectivity index (χ0n) is 20.9. The molecule has 8 heteroatoms. The second-order valence-corrected chi connectivity index (χ2v) is 8.22. The van der Waals surface area contributed by atoms with Crippen LogP contribution < -0.4 is 19.5 Å². The quantitative estimate of drug-likeness (QED) is 0.434. The zero-order valence-corrected chi connectivity index (χ0v) is 20.9. The van der Waals surface area contributed by atoms with Crippen LogP contribution in [0.4, 0.5) is 4.39 Å². The second kappa shape index (κ2) is 12.6. The molecule has 0 heterocycles. The van der Waals surface area contributed by atoms with E-state index in [1.807, 2.05) is 24.3 Å². The van der Waals surface area contributed by atoms with Gasteiger partial charge in [-0.1, -0.05) is 36.4 Å². The highest BCUT2D eigenvalue weighted by molar-refractivity contribution is 5.88. The first kappa shape index (κ1) is 26.5. The van der Waals surface area contributed by atoms with E-state index in [-0.39, 0.29) is 37.1 Å². The molecule has 2 amide bonds. The summed E-state index contributed by atoms with van der Waals surface area (Å²) in [5, 5.41) is 2.89. The van der Waals surface area contributed by atoms with Gasteiger partial charge in [0.25, 0.3) is 0 Å². The van der Waals surface area contributed by atoms with Crippen LogP contribution in [0.3, 0.4) is 0 Å². The number of hydrogen-bond donors (Lipinski definition) is 1. The van der Waals surface area contributed by atoms with Gasteiger partial charge in [0, 0.05) is 18.7 Å². The highest BCUT2D eigenvalue weighted by Crippen LogP contribution is 2.28.